The van der Waals surface area contributed by atoms with Crippen LogP contribution in [0.15, 0.2) is 55.1 Å². The molecule has 0 saturated heterocycles. The van der Waals surface area contributed by atoms with Crippen molar-refractivity contribution in [3.8, 4) is 11.3 Å². The van der Waals surface area contributed by atoms with Crippen LogP contribution >= 0.6 is 0 Å². The molecule has 9 heteroatoms. The quantitative estimate of drug-likeness (QED) is 0.521. The molecule has 0 aliphatic rings. The molecule has 4 rings (SSSR count). The second kappa shape index (κ2) is 8.17. The number of fused-ring (bicyclic) bond motifs is 1. The molecule has 0 saturated carbocycles. The van der Waals surface area contributed by atoms with Crippen LogP contribution in [0.4, 0.5) is 4.39 Å². The van der Waals surface area contributed by atoms with E-state index in [0.29, 0.717) is 29.3 Å². The van der Waals surface area contributed by atoms with E-state index in [1.54, 1.807) is 24.4 Å². The highest BCUT2D eigenvalue weighted by atomic mass is 19.1. The molecule has 1 atom stereocenters. The van der Waals surface area contributed by atoms with Crippen LogP contribution in [0, 0.1) is 5.82 Å². The summed E-state index contributed by atoms with van der Waals surface area (Å²) >= 11 is 0. The first-order valence-electron chi connectivity index (χ1n) is 9.39. The van der Waals surface area contributed by atoms with Crippen LogP contribution in [-0.2, 0) is 0 Å². The number of amides is 1. The molecule has 148 valence electrons. The Morgan fingerprint density at radius 3 is 2.79 bits per heavy atom. The fourth-order valence-electron chi connectivity index (χ4n) is 3.21. The van der Waals surface area contributed by atoms with E-state index in [4.69, 9.17) is 0 Å². The zero-order valence-corrected chi connectivity index (χ0v) is 15.9. The van der Waals surface area contributed by atoms with Gasteiger partial charge in [0.05, 0.1) is 11.7 Å². The van der Waals surface area contributed by atoms with Crippen LogP contribution in [-0.4, -0.2) is 41.8 Å². The summed E-state index contributed by atoms with van der Waals surface area (Å²) in [5.74, 6) is -0.306. The first-order valence-corrected chi connectivity index (χ1v) is 9.39. The number of benzene rings is 1. The highest BCUT2D eigenvalue weighted by Crippen LogP contribution is 2.20. The van der Waals surface area contributed by atoms with Gasteiger partial charge in [-0.15, -0.1) is 0 Å². The first kappa shape index (κ1) is 18.7. The number of nitrogens with one attached hydrogen (secondary N) is 1. The molecular formula is C20H20FN7O. The Hall–Kier alpha value is -3.62. The van der Waals surface area contributed by atoms with E-state index in [2.05, 4.69) is 32.4 Å². The van der Waals surface area contributed by atoms with Gasteiger partial charge in [0, 0.05) is 24.5 Å². The molecule has 3 heterocycles. The van der Waals surface area contributed by atoms with Crippen LogP contribution < -0.4 is 5.32 Å². The fraction of sp³-hybridized carbons (Fsp3) is 0.250. The van der Waals surface area contributed by atoms with Crippen molar-refractivity contribution >= 4 is 11.7 Å². The third kappa shape index (κ3) is 3.98. The van der Waals surface area contributed by atoms with Crippen molar-refractivity contribution in [3.63, 3.8) is 0 Å². The Morgan fingerprint density at radius 2 is 2.07 bits per heavy atom. The van der Waals surface area contributed by atoms with Crippen molar-refractivity contribution < 1.29 is 9.18 Å². The van der Waals surface area contributed by atoms with E-state index in [1.165, 1.54) is 23.0 Å². The molecule has 0 unspecified atom stereocenters. The molecule has 0 fully saturated rings. The van der Waals surface area contributed by atoms with Gasteiger partial charge in [-0.2, -0.15) is 19.7 Å². The predicted octanol–water partition coefficient (Wildman–Crippen LogP) is 2.90. The molecule has 0 aliphatic heterocycles. The molecule has 8 nitrogen and oxygen atoms in total. The molecule has 1 aromatic carbocycles. The number of carbonyl (C=O) groups is 1. The van der Waals surface area contributed by atoms with Crippen molar-refractivity contribution in [3.05, 3.63) is 66.6 Å². The number of rotatable bonds is 7. The van der Waals surface area contributed by atoms with Crippen molar-refractivity contribution in [1.29, 1.82) is 0 Å². The summed E-state index contributed by atoms with van der Waals surface area (Å²) in [7, 11) is 0. The summed E-state index contributed by atoms with van der Waals surface area (Å²) in [6.07, 6.45) is 6.68. The molecule has 0 aliphatic carbocycles. The lowest BCUT2D eigenvalue weighted by atomic mass is 10.1. The zero-order valence-electron chi connectivity index (χ0n) is 15.9. The maximum atomic E-state index is 13.2. The van der Waals surface area contributed by atoms with Gasteiger partial charge in [0.15, 0.2) is 0 Å². The van der Waals surface area contributed by atoms with Crippen LogP contribution in [0.25, 0.3) is 17.0 Å². The van der Waals surface area contributed by atoms with Crippen LogP contribution in [0.5, 0.6) is 0 Å². The summed E-state index contributed by atoms with van der Waals surface area (Å²) in [6.45, 7) is 2.58. The third-order valence-corrected chi connectivity index (χ3v) is 4.76. The van der Waals surface area contributed by atoms with Gasteiger partial charge < -0.3 is 5.32 Å². The highest BCUT2D eigenvalue weighted by molar-refractivity contribution is 5.94. The minimum Gasteiger partial charge on any atom is -0.351 e. The second-order valence-electron chi connectivity index (χ2n) is 6.60. The van der Waals surface area contributed by atoms with Crippen molar-refractivity contribution in [2.75, 3.05) is 6.54 Å². The number of hydrogen-bond donors (Lipinski definition) is 1. The van der Waals surface area contributed by atoms with Crippen LogP contribution in [0.2, 0.25) is 0 Å². The van der Waals surface area contributed by atoms with E-state index < -0.39 is 0 Å². The first-order chi connectivity index (χ1) is 14.2. The van der Waals surface area contributed by atoms with E-state index in [9.17, 15) is 9.18 Å². The van der Waals surface area contributed by atoms with E-state index in [1.807, 2.05) is 16.9 Å². The molecule has 3 aromatic heterocycles. The standard InChI is InChI=1S/C20H20FN7O/c1-2-16(27-11-3-9-24-27)8-10-22-19(29)18-12-17(14-4-6-15(21)7-5-14)26-20-23-13-25-28(18)20/h3-7,9,11-13,16H,2,8,10H2,1H3,(H,22,29)/t16-/m0/s1. The molecule has 0 bridgehead atoms. The monoisotopic (exact) mass is 393 g/mol. The maximum absolute atomic E-state index is 13.2. The predicted molar refractivity (Wildman–Crippen MR) is 105 cm³/mol. The summed E-state index contributed by atoms with van der Waals surface area (Å²) in [4.78, 5) is 21.3. The van der Waals surface area contributed by atoms with E-state index in [-0.39, 0.29) is 17.8 Å². The average molecular weight is 393 g/mol. The molecule has 1 N–H and O–H groups in total. The molecule has 0 spiro atoms. The Balaban J connectivity index is 1.53. The summed E-state index contributed by atoms with van der Waals surface area (Å²) < 4.78 is 16.5. The largest absolute Gasteiger partial charge is 0.351 e. The topological polar surface area (TPSA) is 90.0 Å². The second-order valence-corrected chi connectivity index (χ2v) is 6.60. The Kier molecular flexibility index (Phi) is 5.28. The van der Waals surface area contributed by atoms with Crippen molar-refractivity contribution in [2.45, 2.75) is 25.8 Å². The van der Waals surface area contributed by atoms with Gasteiger partial charge in [-0.3, -0.25) is 9.48 Å². The summed E-state index contributed by atoms with van der Waals surface area (Å²) in [5, 5.41) is 11.3. The van der Waals surface area contributed by atoms with Gasteiger partial charge in [-0.05, 0) is 49.2 Å². The van der Waals surface area contributed by atoms with Crippen LogP contribution in [0.3, 0.4) is 0 Å². The lowest BCUT2D eigenvalue weighted by Gasteiger charge is -2.16. The van der Waals surface area contributed by atoms with Gasteiger partial charge in [0.1, 0.15) is 17.8 Å². The lowest BCUT2D eigenvalue weighted by Crippen LogP contribution is -2.28. The number of aromatic nitrogens is 6. The van der Waals surface area contributed by atoms with E-state index in [0.717, 1.165) is 12.8 Å². The van der Waals surface area contributed by atoms with Crippen molar-refractivity contribution in [1.82, 2.24) is 34.7 Å². The molecule has 1 amide bonds. The minimum atomic E-state index is -0.335. The molecule has 4 aromatic rings. The zero-order chi connectivity index (χ0) is 20.2. The number of halogens is 1. The average Bonchev–Trinajstić information content (AvgIpc) is 3.42. The van der Waals surface area contributed by atoms with Gasteiger partial charge >= 0.3 is 0 Å². The Morgan fingerprint density at radius 1 is 1.24 bits per heavy atom. The number of nitrogens with zero attached hydrogens (tertiary/aromatic N) is 6. The summed E-state index contributed by atoms with van der Waals surface area (Å²) in [5.41, 5.74) is 1.54. The summed E-state index contributed by atoms with van der Waals surface area (Å²) in [6, 6.07) is 9.66. The smallest absolute Gasteiger partial charge is 0.270 e. The highest BCUT2D eigenvalue weighted by Gasteiger charge is 2.16. The molecular weight excluding hydrogens is 373 g/mol. The minimum absolute atomic E-state index is 0.212. The van der Waals surface area contributed by atoms with E-state index >= 15 is 0 Å². The Labute approximate surface area is 166 Å². The lowest BCUT2D eigenvalue weighted by molar-refractivity contribution is 0.0943. The SMILES string of the molecule is CC[C@@H](CCNC(=O)c1cc(-c2ccc(F)cc2)nc2ncnn12)n1cccn1. The number of carbonyl (C=O) groups excluding carboxylic acids is 1. The van der Waals surface area contributed by atoms with Gasteiger partial charge in [-0.25, -0.2) is 9.37 Å². The molecule has 29 heavy (non-hydrogen) atoms. The molecule has 0 radical (unpaired) electrons. The fourth-order valence-corrected chi connectivity index (χ4v) is 3.21. The van der Waals surface area contributed by atoms with Crippen molar-refractivity contribution in [2.24, 2.45) is 0 Å². The Bertz CT molecular complexity index is 1110. The maximum Gasteiger partial charge on any atom is 0.270 e. The van der Waals surface area contributed by atoms with Gasteiger partial charge in [0.2, 0.25) is 0 Å². The normalized spacial score (nSPS) is 12.2. The third-order valence-electron chi connectivity index (χ3n) is 4.76. The van der Waals surface area contributed by atoms with Gasteiger partial charge in [-0.1, -0.05) is 6.92 Å². The van der Waals surface area contributed by atoms with Crippen LogP contribution in [0.1, 0.15) is 36.3 Å². The number of hydrogen-bond acceptors (Lipinski definition) is 5. The van der Waals surface area contributed by atoms with Gasteiger partial charge in [0.25, 0.3) is 11.7 Å².